The summed E-state index contributed by atoms with van der Waals surface area (Å²) in [5, 5.41) is 2.89. The first kappa shape index (κ1) is 9.92. The van der Waals surface area contributed by atoms with Gasteiger partial charge in [0, 0.05) is 19.7 Å². The molecule has 0 radical (unpaired) electrons. The van der Waals surface area contributed by atoms with Crippen molar-refractivity contribution in [1.29, 1.82) is 0 Å². The number of thiocarbonyl (C=S) groups is 1. The van der Waals surface area contributed by atoms with Gasteiger partial charge < -0.3 is 9.73 Å². The van der Waals surface area contributed by atoms with Crippen LogP contribution in [0.15, 0.2) is 27.4 Å². The minimum Gasteiger partial charge on any atom is -0.408 e. The van der Waals surface area contributed by atoms with E-state index in [4.69, 9.17) is 16.6 Å². The topological polar surface area (TPSA) is 47.2 Å². The van der Waals surface area contributed by atoms with Crippen LogP contribution in [0.25, 0.3) is 11.1 Å². The van der Waals surface area contributed by atoms with Gasteiger partial charge in [-0.1, -0.05) is 12.2 Å². The van der Waals surface area contributed by atoms with Crippen molar-refractivity contribution in [2.24, 2.45) is 7.05 Å². The lowest BCUT2D eigenvalue weighted by atomic mass is 10.2. The molecule has 0 spiro atoms. The zero-order valence-corrected chi connectivity index (χ0v) is 9.22. The largest absolute Gasteiger partial charge is 0.419 e. The molecule has 0 aliphatic heterocycles. The second-order valence-corrected chi connectivity index (χ2v) is 3.60. The number of aryl methyl sites for hydroxylation is 1. The van der Waals surface area contributed by atoms with Crippen molar-refractivity contribution < 1.29 is 4.42 Å². The van der Waals surface area contributed by atoms with Crippen molar-refractivity contribution in [3.63, 3.8) is 0 Å². The lowest BCUT2D eigenvalue weighted by Crippen LogP contribution is -2.16. The van der Waals surface area contributed by atoms with E-state index in [0.717, 1.165) is 11.1 Å². The predicted molar refractivity (Wildman–Crippen MR) is 62.2 cm³/mol. The van der Waals surface area contributed by atoms with Crippen LogP contribution in [0.4, 0.5) is 0 Å². The lowest BCUT2D eigenvalue weighted by molar-refractivity contribution is 0.528. The highest BCUT2D eigenvalue weighted by atomic mass is 32.1. The van der Waals surface area contributed by atoms with Crippen molar-refractivity contribution in [3.05, 3.63) is 34.3 Å². The smallest absolute Gasteiger partial charge is 0.408 e. The molecule has 1 heterocycles. The monoisotopic (exact) mass is 222 g/mol. The van der Waals surface area contributed by atoms with Gasteiger partial charge in [0.2, 0.25) is 0 Å². The standard InChI is InChI=1S/C10H10N2O2S/c1-11-9(15)6-3-4-8-7(5-6)12(2)10(13)14-8/h3-5H,1-2H3,(H,11,15). The van der Waals surface area contributed by atoms with E-state index in [1.165, 1.54) is 4.57 Å². The van der Waals surface area contributed by atoms with Gasteiger partial charge in [-0.15, -0.1) is 0 Å². The van der Waals surface area contributed by atoms with Crippen molar-refractivity contribution in [3.8, 4) is 0 Å². The molecule has 0 aliphatic carbocycles. The molecular weight excluding hydrogens is 212 g/mol. The summed E-state index contributed by atoms with van der Waals surface area (Å²) >= 11 is 5.11. The first-order chi connectivity index (χ1) is 7.13. The van der Waals surface area contributed by atoms with Crippen molar-refractivity contribution >= 4 is 28.3 Å². The van der Waals surface area contributed by atoms with Crippen LogP contribution in [0.5, 0.6) is 0 Å². The quantitative estimate of drug-likeness (QED) is 0.732. The lowest BCUT2D eigenvalue weighted by Gasteiger charge is -2.02. The third-order valence-electron chi connectivity index (χ3n) is 2.28. The highest BCUT2D eigenvalue weighted by molar-refractivity contribution is 7.80. The Kier molecular flexibility index (Phi) is 2.32. The number of nitrogens with zero attached hydrogens (tertiary/aromatic N) is 1. The number of aromatic nitrogens is 1. The van der Waals surface area contributed by atoms with E-state index in [0.29, 0.717) is 10.6 Å². The Morgan fingerprint density at radius 3 is 2.93 bits per heavy atom. The molecule has 1 N–H and O–H groups in total. The van der Waals surface area contributed by atoms with Gasteiger partial charge in [-0.25, -0.2) is 4.79 Å². The maximum atomic E-state index is 11.2. The van der Waals surface area contributed by atoms with E-state index in [1.807, 2.05) is 12.1 Å². The molecule has 0 atom stereocenters. The Morgan fingerprint density at radius 2 is 2.27 bits per heavy atom. The summed E-state index contributed by atoms with van der Waals surface area (Å²) in [5.74, 6) is -0.363. The second-order valence-electron chi connectivity index (χ2n) is 3.19. The summed E-state index contributed by atoms with van der Waals surface area (Å²) < 4.78 is 6.47. The normalized spacial score (nSPS) is 10.5. The number of fused-ring (bicyclic) bond motifs is 1. The molecule has 4 nitrogen and oxygen atoms in total. The average Bonchev–Trinajstić information content (AvgIpc) is 2.54. The number of benzene rings is 1. The highest BCUT2D eigenvalue weighted by Crippen LogP contribution is 2.14. The highest BCUT2D eigenvalue weighted by Gasteiger charge is 2.07. The van der Waals surface area contributed by atoms with Crippen LogP contribution in [0.3, 0.4) is 0 Å². The van der Waals surface area contributed by atoms with Crippen molar-refractivity contribution in [2.75, 3.05) is 7.05 Å². The summed E-state index contributed by atoms with van der Waals surface area (Å²) in [5.41, 5.74) is 2.19. The van der Waals surface area contributed by atoms with E-state index in [1.54, 1.807) is 20.2 Å². The maximum absolute atomic E-state index is 11.2. The minimum atomic E-state index is -0.363. The Hall–Kier alpha value is -1.62. The van der Waals surface area contributed by atoms with Gasteiger partial charge in [-0.3, -0.25) is 4.57 Å². The van der Waals surface area contributed by atoms with Gasteiger partial charge >= 0.3 is 5.76 Å². The average molecular weight is 222 g/mol. The third kappa shape index (κ3) is 1.55. The first-order valence-electron chi connectivity index (χ1n) is 4.45. The molecule has 0 fully saturated rings. The number of oxazole rings is 1. The molecule has 0 saturated heterocycles. The molecule has 5 heteroatoms. The van der Waals surface area contributed by atoms with Gasteiger partial charge in [0.05, 0.1) is 5.52 Å². The molecule has 0 unspecified atom stereocenters. The molecule has 1 aromatic carbocycles. The molecule has 0 bridgehead atoms. The molecule has 0 amide bonds. The van der Waals surface area contributed by atoms with Crippen molar-refractivity contribution in [1.82, 2.24) is 9.88 Å². The van der Waals surface area contributed by atoms with E-state index in [2.05, 4.69) is 5.32 Å². The fourth-order valence-corrected chi connectivity index (χ4v) is 1.54. The van der Waals surface area contributed by atoms with Crippen LogP contribution in [0, 0.1) is 0 Å². The fourth-order valence-electron chi connectivity index (χ4n) is 1.41. The number of hydrogen-bond donors (Lipinski definition) is 1. The van der Waals surface area contributed by atoms with Gasteiger partial charge in [0.15, 0.2) is 5.58 Å². The Bertz CT molecular complexity index is 583. The van der Waals surface area contributed by atoms with Gasteiger partial charge in [-0.05, 0) is 18.2 Å². The van der Waals surface area contributed by atoms with E-state index in [-0.39, 0.29) is 5.76 Å². The molecule has 2 aromatic rings. The molecule has 78 valence electrons. The molecular formula is C10H10N2O2S. The molecule has 0 saturated carbocycles. The minimum absolute atomic E-state index is 0.363. The molecule has 2 rings (SSSR count). The Labute approximate surface area is 91.5 Å². The third-order valence-corrected chi connectivity index (χ3v) is 2.72. The zero-order chi connectivity index (χ0) is 11.0. The number of nitrogens with one attached hydrogen (secondary N) is 1. The van der Waals surface area contributed by atoms with E-state index < -0.39 is 0 Å². The Morgan fingerprint density at radius 1 is 1.53 bits per heavy atom. The van der Waals surface area contributed by atoms with Crippen LogP contribution < -0.4 is 11.1 Å². The van der Waals surface area contributed by atoms with Gasteiger partial charge in [0.1, 0.15) is 4.99 Å². The van der Waals surface area contributed by atoms with E-state index >= 15 is 0 Å². The fraction of sp³-hybridized carbons (Fsp3) is 0.200. The first-order valence-corrected chi connectivity index (χ1v) is 4.86. The summed E-state index contributed by atoms with van der Waals surface area (Å²) in [7, 11) is 3.43. The number of hydrogen-bond acceptors (Lipinski definition) is 3. The van der Waals surface area contributed by atoms with Gasteiger partial charge in [0.25, 0.3) is 0 Å². The van der Waals surface area contributed by atoms with Crippen LogP contribution in [-0.2, 0) is 7.05 Å². The second kappa shape index (κ2) is 3.51. The number of rotatable bonds is 1. The summed E-state index contributed by atoms with van der Waals surface area (Å²) in [6.45, 7) is 0. The predicted octanol–water partition coefficient (Wildman–Crippen LogP) is 1.03. The zero-order valence-electron chi connectivity index (χ0n) is 8.40. The van der Waals surface area contributed by atoms with Crippen LogP contribution in [0.2, 0.25) is 0 Å². The van der Waals surface area contributed by atoms with Crippen LogP contribution >= 0.6 is 12.2 Å². The van der Waals surface area contributed by atoms with Crippen LogP contribution in [0.1, 0.15) is 5.56 Å². The summed E-state index contributed by atoms with van der Waals surface area (Å²) in [6, 6.07) is 5.40. The van der Waals surface area contributed by atoms with Crippen molar-refractivity contribution in [2.45, 2.75) is 0 Å². The van der Waals surface area contributed by atoms with Gasteiger partial charge in [-0.2, -0.15) is 0 Å². The molecule has 15 heavy (non-hydrogen) atoms. The van der Waals surface area contributed by atoms with Crippen LogP contribution in [-0.4, -0.2) is 16.6 Å². The molecule has 0 aliphatic rings. The SMILES string of the molecule is CNC(=S)c1ccc2oc(=O)n(C)c2c1. The Balaban J connectivity index is 2.69. The summed E-state index contributed by atoms with van der Waals surface area (Å²) in [6.07, 6.45) is 0. The molecule has 1 aromatic heterocycles. The van der Waals surface area contributed by atoms with E-state index in [9.17, 15) is 4.79 Å². The summed E-state index contributed by atoms with van der Waals surface area (Å²) in [4.78, 5) is 11.9. The maximum Gasteiger partial charge on any atom is 0.419 e.